The number of benzene rings is 2. The molecular formula is C20H23NO4S. The van der Waals surface area contributed by atoms with Crippen LogP contribution in [-0.2, 0) is 14.6 Å². The highest BCUT2D eigenvalue weighted by Gasteiger charge is 2.15. The topological polar surface area (TPSA) is 72.5 Å². The lowest BCUT2D eigenvalue weighted by molar-refractivity contribution is 0.0169. The monoisotopic (exact) mass is 373 g/mol. The van der Waals surface area contributed by atoms with Crippen molar-refractivity contribution in [3.63, 3.8) is 0 Å². The Morgan fingerprint density at radius 3 is 2.19 bits per heavy atom. The molecule has 1 unspecified atom stereocenters. The molecule has 1 atom stereocenters. The summed E-state index contributed by atoms with van der Waals surface area (Å²) < 4.78 is 28.7. The normalized spacial score (nSPS) is 17.7. The SMILES string of the molecule is CS(=O)(=O)c1ccc(-c2ccc(C(=O)NCC3CCCCO3)cc2)cc1. The second kappa shape index (κ2) is 8.01. The fourth-order valence-corrected chi connectivity index (χ4v) is 3.62. The Balaban J connectivity index is 1.63. The minimum absolute atomic E-state index is 0.111. The maximum Gasteiger partial charge on any atom is 0.251 e. The fourth-order valence-electron chi connectivity index (χ4n) is 2.99. The van der Waals surface area contributed by atoms with Crippen molar-refractivity contribution in [3.05, 3.63) is 54.1 Å². The van der Waals surface area contributed by atoms with Gasteiger partial charge in [-0.2, -0.15) is 0 Å². The number of hydrogen-bond acceptors (Lipinski definition) is 4. The third kappa shape index (κ3) is 4.71. The predicted molar refractivity (Wildman–Crippen MR) is 101 cm³/mol. The summed E-state index contributed by atoms with van der Waals surface area (Å²) in [5.74, 6) is -0.113. The van der Waals surface area contributed by atoms with Crippen LogP contribution in [0.3, 0.4) is 0 Å². The van der Waals surface area contributed by atoms with Crippen molar-refractivity contribution >= 4 is 15.7 Å². The van der Waals surface area contributed by atoms with E-state index in [2.05, 4.69) is 5.32 Å². The molecule has 5 nitrogen and oxygen atoms in total. The van der Waals surface area contributed by atoms with Gasteiger partial charge < -0.3 is 10.1 Å². The van der Waals surface area contributed by atoms with Crippen LogP contribution in [0.15, 0.2) is 53.4 Å². The van der Waals surface area contributed by atoms with Crippen LogP contribution >= 0.6 is 0 Å². The molecule has 1 aliphatic heterocycles. The first-order valence-corrected chi connectivity index (χ1v) is 10.6. The summed E-state index contributed by atoms with van der Waals surface area (Å²) in [7, 11) is -3.20. The highest BCUT2D eigenvalue weighted by molar-refractivity contribution is 7.90. The maximum atomic E-state index is 12.3. The van der Waals surface area contributed by atoms with Gasteiger partial charge in [0, 0.05) is 25.0 Å². The van der Waals surface area contributed by atoms with Crippen LogP contribution in [0.4, 0.5) is 0 Å². The van der Waals surface area contributed by atoms with Crippen molar-refractivity contribution in [2.45, 2.75) is 30.3 Å². The lowest BCUT2D eigenvalue weighted by atomic mass is 10.0. The smallest absolute Gasteiger partial charge is 0.251 e. The third-order valence-electron chi connectivity index (χ3n) is 4.53. The van der Waals surface area contributed by atoms with E-state index in [0.29, 0.717) is 17.0 Å². The second-order valence-electron chi connectivity index (χ2n) is 6.57. The third-order valence-corrected chi connectivity index (χ3v) is 5.66. The maximum absolute atomic E-state index is 12.3. The summed E-state index contributed by atoms with van der Waals surface area (Å²) in [5.41, 5.74) is 2.43. The summed E-state index contributed by atoms with van der Waals surface area (Å²) in [4.78, 5) is 12.6. The molecule has 6 heteroatoms. The molecular weight excluding hydrogens is 350 g/mol. The number of hydrogen-bond donors (Lipinski definition) is 1. The van der Waals surface area contributed by atoms with Crippen LogP contribution in [0.2, 0.25) is 0 Å². The summed E-state index contributed by atoms with van der Waals surface area (Å²) in [6, 6.07) is 14.0. The molecule has 0 spiro atoms. The number of ether oxygens (including phenoxy) is 1. The van der Waals surface area contributed by atoms with Gasteiger partial charge in [-0.25, -0.2) is 8.42 Å². The summed E-state index contributed by atoms with van der Waals surface area (Å²) in [5, 5.41) is 2.92. The van der Waals surface area contributed by atoms with E-state index in [4.69, 9.17) is 4.74 Å². The molecule has 1 aliphatic rings. The van der Waals surface area contributed by atoms with E-state index in [1.165, 1.54) is 6.26 Å². The quantitative estimate of drug-likeness (QED) is 0.874. The molecule has 1 N–H and O–H groups in total. The van der Waals surface area contributed by atoms with Gasteiger partial charge in [0.05, 0.1) is 11.0 Å². The number of carbonyl (C=O) groups is 1. The number of amides is 1. The van der Waals surface area contributed by atoms with Crippen molar-refractivity contribution in [2.24, 2.45) is 0 Å². The average molecular weight is 373 g/mol. The molecule has 0 radical (unpaired) electrons. The zero-order chi connectivity index (χ0) is 18.6. The summed E-state index contributed by atoms with van der Waals surface area (Å²) in [6.45, 7) is 1.31. The number of carbonyl (C=O) groups excluding carboxylic acids is 1. The molecule has 138 valence electrons. The van der Waals surface area contributed by atoms with Crippen molar-refractivity contribution in [1.82, 2.24) is 5.32 Å². The molecule has 3 rings (SSSR count). The van der Waals surface area contributed by atoms with Gasteiger partial charge in [-0.15, -0.1) is 0 Å². The first-order valence-electron chi connectivity index (χ1n) is 8.74. The molecule has 1 fully saturated rings. The molecule has 1 heterocycles. The molecule has 2 aromatic carbocycles. The van der Waals surface area contributed by atoms with Gasteiger partial charge >= 0.3 is 0 Å². The Kier molecular flexibility index (Phi) is 5.74. The van der Waals surface area contributed by atoms with Gasteiger partial charge in [0.1, 0.15) is 0 Å². The van der Waals surface area contributed by atoms with E-state index in [9.17, 15) is 13.2 Å². The highest BCUT2D eigenvalue weighted by atomic mass is 32.2. The fraction of sp³-hybridized carbons (Fsp3) is 0.350. The van der Waals surface area contributed by atoms with Crippen molar-refractivity contribution < 1.29 is 17.9 Å². The van der Waals surface area contributed by atoms with Crippen LogP contribution in [0.25, 0.3) is 11.1 Å². The predicted octanol–water partition coefficient (Wildman–Crippen LogP) is 3.06. The first-order chi connectivity index (χ1) is 12.4. The van der Waals surface area contributed by atoms with E-state index in [1.807, 2.05) is 12.1 Å². The Morgan fingerprint density at radius 2 is 1.65 bits per heavy atom. The summed E-state index contributed by atoms with van der Waals surface area (Å²) >= 11 is 0. The van der Waals surface area contributed by atoms with Crippen LogP contribution in [0.5, 0.6) is 0 Å². The van der Waals surface area contributed by atoms with Gasteiger partial charge in [0.25, 0.3) is 5.91 Å². The van der Waals surface area contributed by atoms with E-state index in [0.717, 1.165) is 37.0 Å². The van der Waals surface area contributed by atoms with Crippen LogP contribution < -0.4 is 5.32 Å². The first kappa shape index (κ1) is 18.6. The van der Waals surface area contributed by atoms with Crippen LogP contribution in [-0.4, -0.2) is 39.8 Å². The standard InChI is InChI=1S/C20H23NO4S/c1-26(23,24)19-11-9-16(10-12-19)15-5-7-17(8-6-15)20(22)21-14-18-4-2-3-13-25-18/h5-12,18H,2-4,13-14H2,1H3,(H,21,22). The molecule has 0 saturated carbocycles. The lowest BCUT2D eigenvalue weighted by Crippen LogP contribution is -2.35. The molecule has 1 amide bonds. The Labute approximate surface area is 154 Å². The molecule has 0 aliphatic carbocycles. The lowest BCUT2D eigenvalue weighted by Gasteiger charge is -2.22. The van der Waals surface area contributed by atoms with E-state index < -0.39 is 9.84 Å². The van der Waals surface area contributed by atoms with Crippen LogP contribution in [0.1, 0.15) is 29.6 Å². The average Bonchev–Trinajstić information content (AvgIpc) is 2.66. The molecule has 1 saturated heterocycles. The largest absolute Gasteiger partial charge is 0.376 e. The Hall–Kier alpha value is -2.18. The van der Waals surface area contributed by atoms with Gasteiger partial charge in [-0.05, 0) is 54.7 Å². The number of rotatable bonds is 5. The number of nitrogens with one attached hydrogen (secondary N) is 1. The Bertz CT molecular complexity index is 852. The van der Waals surface area contributed by atoms with Gasteiger partial charge in [-0.3, -0.25) is 4.79 Å². The minimum atomic E-state index is -3.20. The molecule has 0 aromatic heterocycles. The van der Waals surface area contributed by atoms with Crippen molar-refractivity contribution in [3.8, 4) is 11.1 Å². The van der Waals surface area contributed by atoms with E-state index in [-0.39, 0.29) is 12.0 Å². The van der Waals surface area contributed by atoms with Gasteiger partial charge in [-0.1, -0.05) is 24.3 Å². The highest BCUT2D eigenvalue weighted by Crippen LogP contribution is 2.22. The molecule has 0 bridgehead atoms. The second-order valence-corrected chi connectivity index (χ2v) is 8.59. The van der Waals surface area contributed by atoms with Crippen LogP contribution in [0, 0.1) is 0 Å². The zero-order valence-corrected chi connectivity index (χ0v) is 15.6. The van der Waals surface area contributed by atoms with E-state index >= 15 is 0 Å². The van der Waals surface area contributed by atoms with Crippen molar-refractivity contribution in [2.75, 3.05) is 19.4 Å². The number of sulfone groups is 1. The zero-order valence-electron chi connectivity index (χ0n) is 14.8. The van der Waals surface area contributed by atoms with Gasteiger partial charge in [0.2, 0.25) is 0 Å². The van der Waals surface area contributed by atoms with Gasteiger partial charge in [0.15, 0.2) is 9.84 Å². The molecule has 2 aromatic rings. The van der Waals surface area contributed by atoms with Crippen molar-refractivity contribution in [1.29, 1.82) is 0 Å². The minimum Gasteiger partial charge on any atom is -0.376 e. The summed E-state index contributed by atoms with van der Waals surface area (Å²) in [6.07, 6.45) is 4.53. The molecule has 26 heavy (non-hydrogen) atoms. The van der Waals surface area contributed by atoms with E-state index in [1.54, 1.807) is 36.4 Å². The Morgan fingerprint density at radius 1 is 1.04 bits per heavy atom.